The largest absolute Gasteiger partial charge is 0.418 e. The monoisotopic (exact) mass is 326 g/mol. The first-order valence-electron chi connectivity index (χ1n) is 6.60. The van der Waals surface area contributed by atoms with Gasteiger partial charge in [0.15, 0.2) is 6.10 Å². The van der Waals surface area contributed by atoms with E-state index in [4.69, 9.17) is 0 Å². The van der Waals surface area contributed by atoms with Crippen molar-refractivity contribution in [3.05, 3.63) is 69.8 Å². The summed E-state index contributed by atoms with van der Waals surface area (Å²) in [6, 6.07) is 11.2. The van der Waals surface area contributed by atoms with E-state index in [0.29, 0.717) is 5.56 Å². The Balaban J connectivity index is 2.13. The zero-order chi connectivity index (χ0) is 17.0. The van der Waals surface area contributed by atoms with Crippen molar-refractivity contribution in [2.75, 3.05) is 5.32 Å². The maximum Gasteiger partial charge on any atom is 0.418 e. The highest BCUT2D eigenvalue weighted by molar-refractivity contribution is 5.53. The molecule has 2 aromatic rings. The summed E-state index contributed by atoms with van der Waals surface area (Å²) in [5, 5.41) is 22.8. The summed E-state index contributed by atoms with van der Waals surface area (Å²) in [6.07, 6.45) is -7.34. The standard InChI is InChI=1S/C15H13F3N2O3/c16-15(17,18)14(21)12-3-1-2-4-13(12)19-9-10-5-7-11(8-6-10)20(22)23/h1-8,14,19,21H,9H2/t14-/m0/s1. The first-order chi connectivity index (χ1) is 10.8. The van der Waals surface area contributed by atoms with Crippen LogP contribution in [0, 0.1) is 10.1 Å². The fourth-order valence-corrected chi connectivity index (χ4v) is 2.01. The Kier molecular flexibility index (Phi) is 4.85. The van der Waals surface area contributed by atoms with Crippen LogP contribution in [0.1, 0.15) is 17.2 Å². The highest BCUT2D eigenvalue weighted by atomic mass is 19.4. The first-order valence-corrected chi connectivity index (χ1v) is 6.60. The molecule has 0 unspecified atom stereocenters. The molecule has 1 atom stereocenters. The van der Waals surface area contributed by atoms with Gasteiger partial charge in [-0.1, -0.05) is 30.3 Å². The molecule has 8 heteroatoms. The maximum absolute atomic E-state index is 12.7. The Labute approximate surface area is 129 Å². The van der Waals surface area contributed by atoms with Gasteiger partial charge in [0, 0.05) is 29.9 Å². The number of aliphatic hydroxyl groups is 1. The lowest BCUT2D eigenvalue weighted by molar-refractivity contribution is -0.384. The number of benzene rings is 2. The van der Waals surface area contributed by atoms with Gasteiger partial charge in [-0.25, -0.2) is 0 Å². The van der Waals surface area contributed by atoms with Crippen molar-refractivity contribution in [1.29, 1.82) is 0 Å². The third-order valence-corrected chi connectivity index (χ3v) is 3.20. The molecule has 122 valence electrons. The summed E-state index contributed by atoms with van der Waals surface area (Å²) in [5.41, 5.74) is 0.464. The van der Waals surface area contributed by atoms with E-state index in [1.807, 2.05) is 0 Å². The first kappa shape index (κ1) is 16.8. The van der Waals surface area contributed by atoms with Crippen molar-refractivity contribution in [3.63, 3.8) is 0 Å². The zero-order valence-corrected chi connectivity index (χ0v) is 11.7. The van der Waals surface area contributed by atoms with Crippen molar-refractivity contribution < 1.29 is 23.2 Å². The molecule has 0 aromatic heterocycles. The number of alkyl halides is 3. The molecule has 0 heterocycles. The number of hydrogen-bond acceptors (Lipinski definition) is 4. The molecule has 0 aliphatic heterocycles. The topological polar surface area (TPSA) is 75.4 Å². The molecule has 2 aromatic carbocycles. The van der Waals surface area contributed by atoms with Gasteiger partial charge < -0.3 is 10.4 Å². The van der Waals surface area contributed by atoms with Crippen molar-refractivity contribution in [1.82, 2.24) is 0 Å². The highest BCUT2D eigenvalue weighted by Gasteiger charge is 2.40. The molecule has 0 spiro atoms. The molecule has 2 N–H and O–H groups in total. The van der Waals surface area contributed by atoms with E-state index in [9.17, 15) is 28.4 Å². The number of halogens is 3. The summed E-state index contributed by atoms with van der Waals surface area (Å²) in [5.74, 6) is 0. The molecule has 0 fully saturated rings. The van der Waals surface area contributed by atoms with Gasteiger partial charge in [0.25, 0.3) is 5.69 Å². The van der Waals surface area contributed by atoms with Gasteiger partial charge in [-0.15, -0.1) is 0 Å². The summed E-state index contributed by atoms with van der Waals surface area (Å²) in [7, 11) is 0. The van der Waals surface area contributed by atoms with Crippen molar-refractivity contribution in [2.45, 2.75) is 18.8 Å². The second-order valence-electron chi connectivity index (χ2n) is 4.81. The number of nitro groups is 1. The lowest BCUT2D eigenvalue weighted by Gasteiger charge is -2.19. The van der Waals surface area contributed by atoms with E-state index in [-0.39, 0.29) is 23.5 Å². The molecule has 0 saturated carbocycles. The normalized spacial score (nSPS) is 12.7. The lowest BCUT2D eigenvalue weighted by atomic mass is 10.1. The van der Waals surface area contributed by atoms with Crippen LogP contribution in [0.4, 0.5) is 24.5 Å². The molecular formula is C15H13F3N2O3. The molecule has 0 aliphatic rings. The number of anilines is 1. The summed E-state index contributed by atoms with van der Waals surface area (Å²) in [4.78, 5) is 10.0. The Morgan fingerprint density at radius 3 is 2.30 bits per heavy atom. The fourth-order valence-electron chi connectivity index (χ4n) is 2.01. The Morgan fingerprint density at radius 1 is 1.13 bits per heavy atom. The van der Waals surface area contributed by atoms with Crippen LogP contribution in [0.3, 0.4) is 0 Å². The zero-order valence-electron chi connectivity index (χ0n) is 11.7. The third-order valence-electron chi connectivity index (χ3n) is 3.20. The van der Waals surface area contributed by atoms with E-state index in [1.54, 1.807) is 6.07 Å². The molecule has 2 rings (SSSR count). The minimum absolute atomic E-state index is 0.0679. The smallest absolute Gasteiger partial charge is 0.381 e. The van der Waals surface area contributed by atoms with Crippen LogP contribution >= 0.6 is 0 Å². The number of nitrogens with one attached hydrogen (secondary N) is 1. The summed E-state index contributed by atoms with van der Waals surface area (Å²) < 4.78 is 38.0. The molecule has 0 saturated heterocycles. The molecule has 23 heavy (non-hydrogen) atoms. The van der Waals surface area contributed by atoms with E-state index in [1.165, 1.54) is 42.5 Å². The van der Waals surface area contributed by atoms with Gasteiger partial charge in [-0.2, -0.15) is 13.2 Å². The number of hydrogen-bond donors (Lipinski definition) is 2. The van der Waals surface area contributed by atoms with Crippen LogP contribution in [-0.4, -0.2) is 16.2 Å². The molecule has 5 nitrogen and oxygen atoms in total. The van der Waals surface area contributed by atoms with Crippen LogP contribution in [0.2, 0.25) is 0 Å². The van der Waals surface area contributed by atoms with Gasteiger partial charge in [-0.05, 0) is 11.6 Å². The molecule has 0 bridgehead atoms. The Bertz CT molecular complexity index is 687. The number of nitro benzene ring substituents is 1. The van der Waals surface area contributed by atoms with E-state index in [2.05, 4.69) is 5.32 Å². The van der Waals surface area contributed by atoms with Crippen LogP contribution in [0.25, 0.3) is 0 Å². The number of para-hydroxylation sites is 1. The predicted molar refractivity (Wildman–Crippen MR) is 77.9 cm³/mol. The number of aliphatic hydroxyl groups excluding tert-OH is 1. The second-order valence-corrected chi connectivity index (χ2v) is 4.81. The van der Waals surface area contributed by atoms with Gasteiger partial charge in [0.1, 0.15) is 0 Å². The van der Waals surface area contributed by atoms with Gasteiger partial charge >= 0.3 is 6.18 Å². The van der Waals surface area contributed by atoms with Crippen molar-refractivity contribution >= 4 is 11.4 Å². The fraction of sp³-hybridized carbons (Fsp3) is 0.200. The number of rotatable bonds is 5. The molecule has 0 aliphatic carbocycles. The third kappa shape index (κ3) is 4.19. The second kappa shape index (κ2) is 6.66. The van der Waals surface area contributed by atoms with Gasteiger partial charge in [0.05, 0.1) is 4.92 Å². The summed E-state index contributed by atoms with van der Waals surface area (Å²) in [6.45, 7) is 0.166. The van der Waals surface area contributed by atoms with E-state index in [0.717, 1.165) is 0 Å². The minimum Gasteiger partial charge on any atom is -0.381 e. The maximum atomic E-state index is 12.7. The number of nitrogens with zero attached hydrogens (tertiary/aromatic N) is 1. The average molecular weight is 326 g/mol. The average Bonchev–Trinajstić information content (AvgIpc) is 2.52. The van der Waals surface area contributed by atoms with Gasteiger partial charge in [0.2, 0.25) is 0 Å². The highest BCUT2D eigenvalue weighted by Crippen LogP contribution is 2.36. The molecule has 0 amide bonds. The van der Waals surface area contributed by atoms with Crippen molar-refractivity contribution in [2.24, 2.45) is 0 Å². The van der Waals surface area contributed by atoms with Crippen LogP contribution < -0.4 is 5.32 Å². The minimum atomic E-state index is -4.76. The van der Waals surface area contributed by atoms with Crippen LogP contribution in [0.15, 0.2) is 48.5 Å². The predicted octanol–water partition coefficient (Wildman–Crippen LogP) is 3.80. The van der Waals surface area contributed by atoms with Crippen LogP contribution in [0.5, 0.6) is 0 Å². The molecule has 0 radical (unpaired) electrons. The van der Waals surface area contributed by atoms with E-state index < -0.39 is 17.2 Å². The number of non-ortho nitro benzene ring substituents is 1. The summed E-state index contributed by atoms with van der Waals surface area (Å²) >= 11 is 0. The quantitative estimate of drug-likeness (QED) is 0.647. The SMILES string of the molecule is O=[N+]([O-])c1ccc(CNc2ccccc2[C@H](O)C(F)(F)F)cc1. The molecular weight excluding hydrogens is 313 g/mol. The lowest BCUT2D eigenvalue weighted by Crippen LogP contribution is -2.21. The van der Waals surface area contributed by atoms with Crippen LogP contribution in [-0.2, 0) is 6.54 Å². The van der Waals surface area contributed by atoms with Gasteiger partial charge in [-0.3, -0.25) is 10.1 Å². The van der Waals surface area contributed by atoms with E-state index >= 15 is 0 Å². The van der Waals surface area contributed by atoms with Crippen molar-refractivity contribution in [3.8, 4) is 0 Å². The Hall–Kier alpha value is -2.61. The Morgan fingerprint density at radius 2 is 1.74 bits per heavy atom.